The van der Waals surface area contributed by atoms with Gasteiger partial charge in [-0.2, -0.15) is 0 Å². The van der Waals surface area contributed by atoms with Crippen molar-refractivity contribution in [2.24, 2.45) is 0 Å². The Morgan fingerprint density at radius 3 is 1.86 bits per heavy atom. The highest BCUT2D eigenvalue weighted by atomic mass is 16.5. The molecule has 0 aliphatic rings. The maximum Gasteiger partial charge on any atom is 0.129 e. The third kappa shape index (κ3) is 2.88. The number of benzene rings is 2. The highest BCUT2D eigenvalue weighted by Crippen LogP contribution is 2.42. The van der Waals surface area contributed by atoms with Crippen molar-refractivity contribution >= 4 is 0 Å². The zero-order valence-corrected chi connectivity index (χ0v) is 13.6. The monoisotopic (exact) mass is 302 g/mol. The Labute approximate surface area is 131 Å². The third-order valence-electron chi connectivity index (χ3n) is 3.74. The molecule has 0 spiro atoms. The summed E-state index contributed by atoms with van der Waals surface area (Å²) in [6, 6.07) is 9.43. The lowest BCUT2D eigenvalue weighted by Crippen LogP contribution is -2.08. The summed E-state index contributed by atoms with van der Waals surface area (Å²) in [7, 11) is 4.76. The molecule has 0 bridgehead atoms. The molecule has 0 saturated heterocycles. The number of methoxy groups -OCH3 is 3. The van der Waals surface area contributed by atoms with E-state index in [0.717, 1.165) is 11.1 Å². The fraction of sp³-hybridized carbons (Fsp3) is 0.333. The first kappa shape index (κ1) is 16.2. The number of aliphatic hydroxyl groups is 1. The summed E-state index contributed by atoms with van der Waals surface area (Å²) in [6.07, 6.45) is -0.901. The fourth-order valence-electron chi connectivity index (χ4n) is 2.67. The van der Waals surface area contributed by atoms with E-state index >= 15 is 0 Å². The zero-order chi connectivity index (χ0) is 16.3. The smallest absolute Gasteiger partial charge is 0.129 e. The van der Waals surface area contributed by atoms with Crippen LogP contribution >= 0.6 is 0 Å². The summed E-state index contributed by atoms with van der Waals surface area (Å²) in [4.78, 5) is 0. The van der Waals surface area contributed by atoms with Crippen LogP contribution in [0.1, 0.15) is 28.4 Å². The second-order valence-electron chi connectivity index (χ2n) is 5.18. The van der Waals surface area contributed by atoms with E-state index in [1.165, 1.54) is 0 Å². The molecule has 118 valence electrons. The molecule has 0 heterocycles. The molecule has 0 aromatic heterocycles. The van der Waals surface area contributed by atoms with E-state index in [1.807, 2.05) is 44.2 Å². The van der Waals surface area contributed by atoms with Crippen molar-refractivity contribution in [3.05, 3.63) is 52.6 Å². The number of rotatable bonds is 5. The molecular weight excluding hydrogens is 280 g/mol. The van der Waals surface area contributed by atoms with Crippen LogP contribution in [0, 0.1) is 13.8 Å². The fourth-order valence-corrected chi connectivity index (χ4v) is 2.67. The Balaban J connectivity index is 2.66. The minimum atomic E-state index is -0.901. The standard InChI is InChI=1S/C18H22O4/c1-11-9-14(21-4)17(15(10-11)22-5)18(19)16-12(2)7-6-8-13(16)20-3/h6-10,18-19H,1-5H3. The van der Waals surface area contributed by atoms with Gasteiger partial charge < -0.3 is 19.3 Å². The van der Waals surface area contributed by atoms with E-state index in [0.29, 0.717) is 28.4 Å². The molecule has 0 amide bonds. The second-order valence-corrected chi connectivity index (χ2v) is 5.18. The molecule has 0 fully saturated rings. The lowest BCUT2D eigenvalue weighted by Gasteiger charge is -2.22. The van der Waals surface area contributed by atoms with Crippen LogP contribution in [0.4, 0.5) is 0 Å². The highest BCUT2D eigenvalue weighted by Gasteiger charge is 2.25. The SMILES string of the molecule is COc1cccc(C)c1C(O)c1c(OC)cc(C)cc1OC. The molecule has 1 N–H and O–H groups in total. The quantitative estimate of drug-likeness (QED) is 0.919. The zero-order valence-electron chi connectivity index (χ0n) is 13.6. The predicted molar refractivity (Wildman–Crippen MR) is 86.1 cm³/mol. The Bertz CT molecular complexity index is 639. The first-order valence-corrected chi connectivity index (χ1v) is 7.07. The Kier molecular flexibility index (Phi) is 4.93. The molecule has 2 aromatic rings. The molecular formula is C18H22O4. The molecule has 4 nitrogen and oxygen atoms in total. The van der Waals surface area contributed by atoms with Crippen LogP contribution < -0.4 is 14.2 Å². The van der Waals surface area contributed by atoms with Crippen LogP contribution in [0.15, 0.2) is 30.3 Å². The molecule has 1 atom stereocenters. The molecule has 4 heteroatoms. The Morgan fingerprint density at radius 1 is 0.818 bits per heavy atom. The molecule has 2 rings (SSSR count). The lowest BCUT2D eigenvalue weighted by molar-refractivity contribution is 0.203. The van der Waals surface area contributed by atoms with Gasteiger partial charge in [-0.25, -0.2) is 0 Å². The minimum absolute atomic E-state index is 0.592. The summed E-state index contributed by atoms with van der Waals surface area (Å²) in [5.74, 6) is 1.82. The average molecular weight is 302 g/mol. The van der Waals surface area contributed by atoms with E-state index < -0.39 is 6.10 Å². The van der Waals surface area contributed by atoms with Crippen molar-refractivity contribution in [1.29, 1.82) is 0 Å². The Morgan fingerprint density at radius 2 is 1.36 bits per heavy atom. The van der Waals surface area contributed by atoms with Gasteiger partial charge in [0, 0.05) is 5.56 Å². The normalized spacial score (nSPS) is 11.9. The van der Waals surface area contributed by atoms with Crippen molar-refractivity contribution in [1.82, 2.24) is 0 Å². The Hall–Kier alpha value is -2.20. The van der Waals surface area contributed by atoms with Crippen LogP contribution in [0.2, 0.25) is 0 Å². The van der Waals surface area contributed by atoms with Gasteiger partial charge >= 0.3 is 0 Å². The predicted octanol–water partition coefficient (Wildman–Crippen LogP) is 3.41. The summed E-state index contributed by atoms with van der Waals surface area (Å²) >= 11 is 0. The highest BCUT2D eigenvalue weighted by molar-refractivity contribution is 5.55. The number of aryl methyl sites for hydroxylation is 2. The van der Waals surface area contributed by atoms with E-state index in [2.05, 4.69) is 0 Å². The summed E-state index contributed by atoms with van der Waals surface area (Å²) in [6.45, 7) is 3.89. The lowest BCUT2D eigenvalue weighted by atomic mass is 9.94. The number of aliphatic hydroxyl groups excluding tert-OH is 1. The van der Waals surface area contributed by atoms with Crippen LogP contribution in [-0.2, 0) is 0 Å². The number of hydrogen-bond donors (Lipinski definition) is 1. The van der Waals surface area contributed by atoms with Gasteiger partial charge in [-0.15, -0.1) is 0 Å². The molecule has 0 saturated carbocycles. The molecule has 2 aromatic carbocycles. The van der Waals surface area contributed by atoms with Crippen molar-refractivity contribution in [2.75, 3.05) is 21.3 Å². The van der Waals surface area contributed by atoms with Gasteiger partial charge in [-0.3, -0.25) is 0 Å². The van der Waals surface area contributed by atoms with Gasteiger partial charge in [0.25, 0.3) is 0 Å². The van der Waals surface area contributed by atoms with E-state index in [4.69, 9.17) is 14.2 Å². The molecule has 0 aliphatic carbocycles. The topological polar surface area (TPSA) is 47.9 Å². The van der Waals surface area contributed by atoms with E-state index in [-0.39, 0.29) is 0 Å². The third-order valence-corrected chi connectivity index (χ3v) is 3.74. The number of hydrogen-bond acceptors (Lipinski definition) is 4. The first-order valence-electron chi connectivity index (χ1n) is 7.07. The van der Waals surface area contributed by atoms with Gasteiger partial charge in [-0.05, 0) is 43.2 Å². The van der Waals surface area contributed by atoms with Gasteiger partial charge in [-0.1, -0.05) is 12.1 Å². The largest absolute Gasteiger partial charge is 0.496 e. The average Bonchev–Trinajstić information content (AvgIpc) is 2.52. The van der Waals surface area contributed by atoms with Crippen LogP contribution in [0.5, 0.6) is 17.2 Å². The molecule has 0 aliphatic heterocycles. The van der Waals surface area contributed by atoms with Crippen molar-refractivity contribution < 1.29 is 19.3 Å². The van der Waals surface area contributed by atoms with Crippen LogP contribution in [0.25, 0.3) is 0 Å². The molecule has 0 radical (unpaired) electrons. The minimum Gasteiger partial charge on any atom is -0.496 e. The number of ether oxygens (including phenoxy) is 3. The van der Waals surface area contributed by atoms with Gasteiger partial charge in [0.1, 0.15) is 23.4 Å². The maximum atomic E-state index is 11.0. The summed E-state index contributed by atoms with van der Waals surface area (Å²) in [5, 5.41) is 11.0. The maximum absolute atomic E-state index is 11.0. The van der Waals surface area contributed by atoms with Gasteiger partial charge in [0.2, 0.25) is 0 Å². The van der Waals surface area contributed by atoms with E-state index in [1.54, 1.807) is 21.3 Å². The summed E-state index contributed by atoms with van der Waals surface area (Å²) < 4.78 is 16.3. The van der Waals surface area contributed by atoms with Gasteiger partial charge in [0.05, 0.1) is 26.9 Å². The second kappa shape index (κ2) is 6.71. The van der Waals surface area contributed by atoms with Crippen LogP contribution in [0.3, 0.4) is 0 Å². The van der Waals surface area contributed by atoms with Gasteiger partial charge in [0.15, 0.2) is 0 Å². The van der Waals surface area contributed by atoms with E-state index in [9.17, 15) is 5.11 Å². The summed E-state index contributed by atoms with van der Waals surface area (Å²) in [5.41, 5.74) is 3.26. The van der Waals surface area contributed by atoms with Crippen molar-refractivity contribution in [2.45, 2.75) is 20.0 Å². The van der Waals surface area contributed by atoms with Crippen LogP contribution in [-0.4, -0.2) is 26.4 Å². The first-order chi connectivity index (χ1) is 10.5. The van der Waals surface area contributed by atoms with Crippen molar-refractivity contribution in [3.63, 3.8) is 0 Å². The molecule has 22 heavy (non-hydrogen) atoms. The van der Waals surface area contributed by atoms with Crippen molar-refractivity contribution in [3.8, 4) is 17.2 Å². The molecule has 1 unspecified atom stereocenters.